The van der Waals surface area contributed by atoms with E-state index in [0.29, 0.717) is 23.8 Å². The number of rotatable bonds is 6. The van der Waals surface area contributed by atoms with E-state index in [1.54, 1.807) is 21.3 Å². The van der Waals surface area contributed by atoms with Gasteiger partial charge in [0.25, 0.3) is 0 Å². The SMILES string of the molecule is COc1ccc(CNc2cccc(Br)c2)c(OC)c1OC. The maximum absolute atomic E-state index is 5.47. The van der Waals surface area contributed by atoms with Gasteiger partial charge >= 0.3 is 0 Å². The molecule has 4 nitrogen and oxygen atoms in total. The molecular formula is C16H18BrNO3. The van der Waals surface area contributed by atoms with Crippen molar-refractivity contribution in [3.8, 4) is 17.2 Å². The zero-order valence-electron chi connectivity index (χ0n) is 12.3. The normalized spacial score (nSPS) is 10.1. The van der Waals surface area contributed by atoms with Crippen molar-refractivity contribution >= 4 is 21.6 Å². The van der Waals surface area contributed by atoms with Gasteiger partial charge in [-0.2, -0.15) is 0 Å². The van der Waals surface area contributed by atoms with Crippen LogP contribution in [-0.4, -0.2) is 21.3 Å². The van der Waals surface area contributed by atoms with E-state index in [1.165, 1.54) is 0 Å². The van der Waals surface area contributed by atoms with Crippen LogP contribution in [0.5, 0.6) is 17.2 Å². The lowest BCUT2D eigenvalue weighted by molar-refractivity contribution is 0.322. The smallest absolute Gasteiger partial charge is 0.203 e. The highest BCUT2D eigenvalue weighted by molar-refractivity contribution is 9.10. The molecule has 5 heteroatoms. The van der Waals surface area contributed by atoms with Crippen LogP contribution in [0.25, 0.3) is 0 Å². The lowest BCUT2D eigenvalue weighted by Gasteiger charge is -2.16. The van der Waals surface area contributed by atoms with Crippen molar-refractivity contribution in [1.29, 1.82) is 0 Å². The van der Waals surface area contributed by atoms with Crippen LogP contribution in [0.4, 0.5) is 5.69 Å². The van der Waals surface area contributed by atoms with Crippen molar-refractivity contribution in [2.45, 2.75) is 6.54 Å². The quantitative estimate of drug-likeness (QED) is 0.850. The molecule has 0 aliphatic carbocycles. The molecule has 0 spiro atoms. The summed E-state index contributed by atoms with van der Waals surface area (Å²) in [6, 6.07) is 11.8. The van der Waals surface area contributed by atoms with Crippen molar-refractivity contribution in [1.82, 2.24) is 0 Å². The van der Waals surface area contributed by atoms with Crippen molar-refractivity contribution in [2.24, 2.45) is 0 Å². The summed E-state index contributed by atoms with van der Waals surface area (Å²) in [5, 5.41) is 3.36. The highest BCUT2D eigenvalue weighted by atomic mass is 79.9. The fraction of sp³-hybridized carbons (Fsp3) is 0.250. The Kier molecular flexibility index (Phi) is 5.33. The molecule has 21 heavy (non-hydrogen) atoms. The van der Waals surface area contributed by atoms with E-state index in [2.05, 4.69) is 21.2 Å². The second-order valence-corrected chi connectivity index (χ2v) is 5.27. The number of hydrogen-bond donors (Lipinski definition) is 1. The van der Waals surface area contributed by atoms with Crippen molar-refractivity contribution < 1.29 is 14.2 Å². The van der Waals surface area contributed by atoms with Crippen LogP contribution in [0.1, 0.15) is 5.56 Å². The second kappa shape index (κ2) is 7.22. The van der Waals surface area contributed by atoms with Gasteiger partial charge in [0.15, 0.2) is 11.5 Å². The average molecular weight is 352 g/mol. The molecule has 0 saturated heterocycles. The number of benzene rings is 2. The lowest BCUT2D eigenvalue weighted by Crippen LogP contribution is -2.04. The minimum absolute atomic E-state index is 0.605. The van der Waals surface area contributed by atoms with Gasteiger partial charge < -0.3 is 19.5 Å². The Hall–Kier alpha value is -1.88. The maximum atomic E-state index is 5.47. The van der Waals surface area contributed by atoms with E-state index < -0.39 is 0 Å². The molecule has 2 aromatic carbocycles. The predicted octanol–water partition coefficient (Wildman–Crippen LogP) is 4.09. The van der Waals surface area contributed by atoms with Crippen LogP contribution >= 0.6 is 15.9 Å². The monoisotopic (exact) mass is 351 g/mol. The van der Waals surface area contributed by atoms with Gasteiger partial charge in [0.05, 0.1) is 21.3 Å². The molecule has 1 N–H and O–H groups in total. The standard InChI is InChI=1S/C16H18BrNO3/c1-19-14-8-7-11(15(20-2)16(14)21-3)10-18-13-6-4-5-12(17)9-13/h4-9,18H,10H2,1-3H3. The highest BCUT2D eigenvalue weighted by Gasteiger charge is 2.15. The predicted molar refractivity (Wildman–Crippen MR) is 87.6 cm³/mol. The molecule has 0 heterocycles. The summed E-state index contributed by atoms with van der Waals surface area (Å²) in [4.78, 5) is 0. The third kappa shape index (κ3) is 3.61. The molecular weight excluding hydrogens is 334 g/mol. The van der Waals surface area contributed by atoms with Crippen molar-refractivity contribution in [3.63, 3.8) is 0 Å². The Bertz CT molecular complexity index is 616. The minimum atomic E-state index is 0.605. The molecule has 2 aromatic rings. The van der Waals surface area contributed by atoms with E-state index in [4.69, 9.17) is 14.2 Å². The molecule has 0 unspecified atom stereocenters. The van der Waals surface area contributed by atoms with Gasteiger partial charge in [0.2, 0.25) is 5.75 Å². The summed E-state index contributed by atoms with van der Waals surface area (Å²) in [6.07, 6.45) is 0. The van der Waals surface area contributed by atoms with Gasteiger partial charge in [-0.25, -0.2) is 0 Å². The molecule has 2 rings (SSSR count). The summed E-state index contributed by atoms with van der Waals surface area (Å²) in [5.41, 5.74) is 2.02. The van der Waals surface area contributed by atoms with Gasteiger partial charge in [-0.05, 0) is 30.3 Å². The second-order valence-electron chi connectivity index (χ2n) is 4.36. The summed E-state index contributed by atoms with van der Waals surface area (Å²) >= 11 is 3.46. The Morgan fingerprint density at radius 3 is 2.33 bits per heavy atom. The molecule has 0 amide bonds. The Morgan fingerprint density at radius 2 is 1.71 bits per heavy atom. The molecule has 0 saturated carbocycles. The molecule has 0 aliphatic rings. The first-order valence-corrected chi connectivity index (χ1v) is 7.26. The number of halogens is 1. The molecule has 0 radical (unpaired) electrons. The first kappa shape index (κ1) is 15.5. The van der Waals surface area contributed by atoms with E-state index in [1.807, 2.05) is 36.4 Å². The van der Waals surface area contributed by atoms with Gasteiger partial charge in [0.1, 0.15) is 0 Å². The van der Waals surface area contributed by atoms with E-state index in [9.17, 15) is 0 Å². The number of anilines is 1. The van der Waals surface area contributed by atoms with E-state index >= 15 is 0 Å². The first-order valence-electron chi connectivity index (χ1n) is 6.47. The van der Waals surface area contributed by atoms with Crippen LogP contribution in [0.2, 0.25) is 0 Å². The van der Waals surface area contributed by atoms with Crippen molar-refractivity contribution in [2.75, 3.05) is 26.6 Å². The van der Waals surface area contributed by atoms with Crippen LogP contribution < -0.4 is 19.5 Å². The minimum Gasteiger partial charge on any atom is -0.493 e. The van der Waals surface area contributed by atoms with Crippen molar-refractivity contribution in [3.05, 3.63) is 46.4 Å². The largest absolute Gasteiger partial charge is 0.493 e. The summed E-state index contributed by atoms with van der Waals surface area (Å²) in [5.74, 6) is 1.94. The van der Waals surface area contributed by atoms with Crippen LogP contribution in [0.15, 0.2) is 40.9 Å². The Balaban J connectivity index is 2.23. The fourth-order valence-electron chi connectivity index (χ4n) is 2.10. The summed E-state index contributed by atoms with van der Waals surface area (Å²) in [7, 11) is 4.84. The summed E-state index contributed by atoms with van der Waals surface area (Å²) < 4.78 is 17.2. The number of methoxy groups -OCH3 is 3. The third-order valence-electron chi connectivity index (χ3n) is 3.09. The average Bonchev–Trinajstić information content (AvgIpc) is 2.51. The Morgan fingerprint density at radius 1 is 0.952 bits per heavy atom. The number of hydrogen-bond acceptors (Lipinski definition) is 4. The number of ether oxygens (including phenoxy) is 3. The van der Waals surface area contributed by atoms with Gasteiger partial charge in [0, 0.05) is 22.3 Å². The van der Waals surface area contributed by atoms with Crippen LogP contribution in [0.3, 0.4) is 0 Å². The Labute approximate surface area is 133 Å². The van der Waals surface area contributed by atoms with E-state index in [0.717, 1.165) is 15.7 Å². The number of nitrogens with one attached hydrogen (secondary N) is 1. The molecule has 0 atom stereocenters. The molecule has 0 aromatic heterocycles. The van der Waals surface area contributed by atoms with Gasteiger partial charge in [-0.15, -0.1) is 0 Å². The third-order valence-corrected chi connectivity index (χ3v) is 3.59. The molecule has 0 aliphatic heterocycles. The van der Waals surface area contributed by atoms with E-state index in [-0.39, 0.29) is 0 Å². The van der Waals surface area contributed by atoms with Crippen LogP contribution in [-0.2, 0) is 6.54 Å². The summed E-state index contributed by atoms with van der Waals surface area (Å²) in [6.45, 7) is 0.625. The first-order chi connectivity index (χ1) is 10.2. The molecule has 112 valence electrons. The maximum Gasteiger partial charge on any atom is 0.203 e. The van der Waals surface area contributed by atoms with Gasteiger partial charge in [-0.1, -0.05) is 22.0 Å². The highest BCUT2D eigenvalue weighted by Crippen LogP contribution is 2.39. The zero-order valence-corrected chi connectivity index (χ0v) is 13.9. The fourth-order valence-corrected chi connectivity index (χ4v) is 2.50. The van der Waals surface area contributed by atoms with Crippen LogP contribution in [0, 0.1) is 0 Å². The topological polar surface area (TPSA) is 39.7 Å². The lowest BCUT2D eigenvalue weighted by atomic mass is 10.1. The zero-order chi connectivity index (χ0) is 15.2. The molecule has 0 bridgehead atoms. The van der Waals surface area contributed by atoms with Gasteiger partial charge in [-0.3, -0.25) is 0 Å². The molecule has 0 fully saturated rings.